The molecule has 3 amide bonds. The molecule has 1 fully saturated rings. The van der Waals surface area contributed by atoms with Gasteiger partial charge >= 0.3 is 6.03 Å². The minimum atomic E-state index is -0.0735. The maximum Gasteiger partial charge on any atom is 0.317 e. The largest absolute Gasteiger partial charge is 0.356 e. The summed E-state index contributed by atoms with van der Waals surface area (Å²) in [7, 11) is 0. The van der Waals surface area contributed by atoms with Crippen LogP contribution in [-0.2, 0) is 17.8 Å². The minimum absolute atomic E-state index is 0.00290. The SMILES string of the molecule is CC(=O)Nc1cccc2c1CCN(C(=O)NC1CCN(c3ccccn3)CC1)C2. The number of aromatic nitrogens is 1. The Morgan fingerprint density at radius 2 is 1.90 bits per heavy atom. The van der Waals surface area contributed by atoms with E-state index in [2.05, 4.69) is 20.5 Å². The molecule has 2 aliphatic heterocycles. The normalized spacial score (nSPS) is 16.9. The van der Waals surface area contributed by atoms with E-state index in [4.69, 9.17) is 0 Å². The third-order valence-corrected chi connectivity index (χ3v) is 5.66. The van der Waals surface area contributed by atoms with Gasteiger partial charge in [0.2, 0.25) is 5.91 Å². The number of hydrogen-bond donors (Lipinski definition) is 2. The molecule has 3 heterocycles. The summed E-state index contributed by atoms with van der Waals surface area (Å²) >= 11 is 0. The number of benzene rings is 1. The molecule has 1 aromatic carbocycles. The highest BCUT2D eigenvalue weighted by molar-refractivity contribution is 5.90. The predicted molar refractivity (Wildman–Crippen MR) is 113 cm³/mol. The lowest BCUT2D eigenvalue weighted by Crippen LogP contribution is -2.50. The Balaban J connectivity index is 1.32. The third kappa shape index (κ3) is 4.50. The van der Waals surface area contributed by atoms with Crippen LogP contribution in [0.3, 0.4) is 0 Å². The van der Waals surface area contributed by atoms with Crippen LogP contribution in [0, 0.1) is 0 Å². The molecule has 0 aliphatic carbocycles. The van der Waals surface area contributed by atoms with Gasteiger partial charge in [-0.3, -0.25) is 4.79 Å². The lowest BCUT2D eigenvalue weighted by Gasteiger charge is -2.35. The summed E-state index contributed by atoms with van der Waals surface area (Å²) in [6.45, 7) is 4.53. The van der Waals surface area contributed by atoms with Gasteiger partial charge in [0.25, 0.3) is 0 Å². The zero-order chi connectivity index (χ0) is 20.2. The number of pyridine rings is 1. The molecule has 152 valence electrons. The van der Waals surface area contributed by atoms with Gasteiger partial charge in [-0.25, -0.2) is 9.78 Å². The number of nitrogens with one attached hydrogen (secondary N) is 2. The number of fused-ring (bicyclic) bond motifs is 1. The molecule has 2 N–H and O–H groups in total. The number of anilines is 2. The van der Waals surface area contributed by atoms with Crippen molar-refractivity contribution >= 4 is 23.4 Å². The van der Waals surface area contributed by atoms with Gasteiger partial charge in [-0.2, -0.15) is 0 Å². The van der Waals surface area contributed by atoms with Gasteiger partial charge < -0.3 is 20.4 Å². The molecule has 0 radical (unpaired) electrons. The van der Waals surface area contributed by atoms with Crippen LogP contribution in [0.5, 0.6) is 0 Å². The van der Waals surface area contributed by atoms with E-state index in [0.717, 1.165) is 55.0 Å². The van der Waals surface area contributed by atoms with Gasteiger partial charge in [-0.05, 0) is 48.6 Å². The number of rotatable bonds is 3. The molecule has 2 aromatic rings. The molecular weight excluding hydrogens is 366 g/mol. The molecule has 0 saturated carbocycles. The van der Waals surface area contributed by atoms with Crippen molar-refractivity contribution in [2.45, 2.75) is 38.8 Å². The predicted octanol–water partition coefficient (Wildman–Crippen LogP) is 2.78. The highest BCUT2D eigenvalue weighted by Crippen LogP contribution is 2.26. The molecule has 7 nitrogen and oxygen atoms in total. The Labute approximate surface area is 171 Å². The monoisotopic (exact) mass is 393 g/mol. The average Bonchev–Trinajstić information content (AvgIpc) is 2.74. The Morgan fingerprint density at radius 1 is 1.07 bits per heavy atom. The van der Waals surface area contributed by atoms with Crippen molar-refractivity contribution in [3.8, 4) is 0 Å². The fraction of sp³-hybridized carbons (Fsp3) is 0.409. The maximum absolute atomic E-state index is 12.8. The maximum atomic E-state index is 12.8. The summed E-state index contributed by atoms with van der Waals surface area (Å²) in [6, 6.07) is 12.0. The Kier molecular flexibility index (Phi) is 5.64. The van der Waals surface area contributed by atoms with Crippen LogP contribution in [0.1, 0.15) is 30.9 Å². The van der Waals surface area contributed by atoms with Crippen LogP contribution in [0.15, 0.2) is 42.6 Å². The molecule has 0 atom stereocenters. The smallest absolute Gasteiger partial charge is 0.317 e. The van der Waals surface area contributed by atoms with Gasteiger partial charge in [0.15, 0.2) is 0 Å². The first-order valence-corrected chi connectivity index (χ1v) is 10.2. The topological polar surface area (TPSA) is 77.6 Å². The molecule has 7 heteroatoms. The molecule has 2 aliphatic rings. The Hall–Kier alpha value is -3.09. The second-order valence-corrected chi connectivity index (χ2v) is 7.69. The van der Waals surface area contributed by atoms with E-state index in [1.54, 1.807) is 0 Å². The molecule has 1 aromatic heterocycles. The molecule has 0 spiro atoms. The van der Waals surface area contributed by atoms with Crippen molar-refractivity contribution in [3.05, 3.63) is 53.7 Å². The summed E-state index contributed by atoms with van der Waals surface area (Å²) in [5.41, 5.74) is 3.09. The van der Waals surface area contributed by atoms with Crippen molar-refractivity contribution in [1.29, 1.82) is 0 Å². The van der Waals surface area contributed by atoms with E-state index >= 15 is 0 Å². The van der Waals surface area contributed by atoms with Gasteiger partial charge in [0.1, 0.15) is 5.82 Å². The van der Waals surface area contributed by atoms with E-state index in [1.807, 2.05) is 47.5 Å². The van der Waals surface area contributed by atoms with Crippen molar-refractivity contribution in [1.82, 2.24) is 15.2 Å². The average molecular weight is 393 g/mol. The van der Waals surface area contributed by atoms with Gasteiger partial charge in [-0.1, -0.05) is 18.2 Å². The summed E-state index contributed by atoms with van der Waals surface area (Å²) in [5.74, 6) is 0.926. The van der Waals surface area contributed by atoms with Crippen LogP contribution < -0.4 is 15.5 Å². The van der Waals surface area contributed by atoms with Gasteiger partial charge in [0, 0.05) is 51.0 Å². The van der Waals surface area contributed by atoms with E-state index < -0.39 is 0 Å². The van der Waals surface area contributed by atoms with Crippen LogP contribution in [0.4, 0.5) is 16.3 Å². The highest BCUT2D eigenvalue weighted by atomic mass is 16.2. The highest BCUT2D eigenvalue weighted by Gasteiger charge is 2.26. The minimum Gasteiger partial charge on any atom is -0.356 e. The zero-order valence-electron chi connectivity index (χ0n) is 16.7. The molecular formula is C22H27N5O2. The zero-order valence-corrected chi connectivity index (χ0v) is 16.7. The fourth-order valence-electron chi connectivity index (χ4n) is 4.15. The van der Waals surface area contributed by atoms with E-state index in [1.165, 1.54) is 6.92 Å². The Bertz CT molecular complexity index is 878. The number of urea groups is 1. The van der Waals surface area contributed by atoms with Crippen molar-refractivity contribution < 1.29 is 9.59 Å². The van der Waals surface area contributed by atoms with Gasteiger partial charge in [0.05, 0.1) is 0 Å². The molecule has 0 unspecified atom stereocenters. The second kappa shape index (κ2) is 8.51. The Morgan fingerprint density at radius 3 is 2.62 bits per heavy atom. The van der Waals surface area contributed by atoms with Crippen LogP contribution >= 0.6 is 0 Å². The second-order valence-electron chi connectivity index (χ2n) is 7.69. The quantitative estimate of drug-likeness (QED) is 0.841. The number of carbonyl (C=O) groups is 2. The first kappa shape index (κ1) is 19.2. The van der Waals surface area contributed by atoms with Gasteiger partial charge in [-0.15, -0.1) is 0 Å². The lowest BCUT2D eigenvalue weighted by molar-refractivity contribution is -0.114. The van der Waals surface area contributed by atoms with Crippen molar-refractivity contribution in [3.63, 3.8) is 0 Å². The number of amides is 3. The number of carbonyl (C=O) groups excluding carboxylic acids is 2. The van der Waals surface area contributed by atoms with E-state index in [0.29, 0.717) is 13.1 Å². The van der Waals surface area contributed by atoms with E-state index in [9.17, 15) is 9.59 Å². The third-order valence-electron chi connectivity index (χ3n) is 5.66. The van der Waals surface area contributed by atoms with E-state index in [-0.39, 0.29) is 18.0 Å². The number of hydrogen-bond acceptors (Lipinski definition) is 4. The standard InChI is InChI=1S/C22H27N5O2/c1-16(28)24-20-6-4-5-17-15-27(14-10-19(17)20)22(29)25-18-8-12-26(13-9-18)21-7-2-3-11-23-21/h2-7,11,18H,8-10,12-15H2,1H3,(H,24,28)(H,25,29). The first-order valence-electron chi connectivity index (χ1n) is 10.2. The van der Waals surface area contributed by atoms with Crippen molar-refractivity contribution in [2.24, 2.45) is 0 Å². The fourth-order valence-corrected chi connectivity index (χ4v) is 4.15. The van der Waals surface area contributed by atoms with Crippen LogP contribution in [0.25, 0.3) is 0 Å². The van der Waals surface area contributed by atoms with Crippen LogP contribution in [0.2, 0.25) is 0 Å². The first-order chi connectivity index (χ1) is 14.1. The lowest BCUT2D eigenvalue weighted by atomic mass is 9.97. The summed E-state index contributed by atoms with van der Waals surface area (Å²) in [5, 5.41) is 6.10. The number of piperidine rings is 1. The molecule has 1 saturated heterocycles. The summed E-state index contributed by atoms with van der Waals surface area (Å²) in [6.07, 6.45) is 4.39. The van der Waals surface area contributed by atoms with Crippen molar-refractivity contribution in [2.75, 3.05) is 29.9 Å². The van der Waals surface area contributed by atoms with Crippen LogP contribution in [-0.4, -0.2) is 47.5 Å². The number of nitrogens with zero attached hydrogens (tertiary/aromatic N) is 3. The molecule has 29 heavy (non-hydrogen) atoms. The summed E-state index contributed by atoms with van der Waals surface area (Å²) < 4.78 is 0. The summed E-state index contributed by atoms with van der Waals surface area (Å²) in [4.78, 5) is 32.8. The molecule has 0 bridgehead atoms. The molecule has 4 rings (SSSR count).